The van der Waals surface area contributed by atoms with Gasteiger partial charge in [-0.3, -0.25) is 19.3 Å². The first-order valence-corrected chi connectivity index (χ1v) is 15.4. The Hall–Kier alpha value is -2.25. The Labute approximate surface area is 231 Å². The number of hydrogen-bond donors (Lipinski definition) is 2. The van der Waals surface area contributed by atoms with Crippen LogP contribution < -0.4 is 10.6 Å². The molecule has 2 saturated heterocycles. The smallest absolute Gasteiger partial charge is 0.410 e. The molecule has 1 saturated carbocycles. The largest absolute Gasteiger partial charge is 0.469 e. The van der Waals surface area contributed by atoms with Crippen LogP contribution >= 0.6 is 0 Å². The van der Waals surface area contributed by atoms with E-state index in [0.717, 1.165) is 24.2 Å². The second-order valence-electron chi connectivity index (χ2n) is 11.9. The average molecular weight is 573 g/mol. The van der Waals surface area contributed by atoms with Crippen molar-refractivity contribution in [3.63, 3.8) is 0 Å². The van der Waals surface area contributed by atoms with Gasteiger partial charge in [0, 0.05) is 26.2 Å². The molecule has 3 rings (SSSR count). The Kier molecular flexibility index (Phi) is 10.0. The van der Waals surface area contributed by atoms with Gasteiger partial charge >= 0.3 is 12.1 Å². The highest BCUT2D eigenvalue weighted by Gasteiger charge is 2.52. The van der Waals surface area contributed by atoms with Gasteiger partial charge in [-0.05, 0) is 52.9 Å². The molecule has 3 aliphatic rings. The fraction of sp³-hybridized carbons (Fsp3) is 0.846. The van der Waals surface area contributed by atoms with Gasteiger partial charge in [-0.25, -0.2) is 13.2 Å². The first kappa shape index (κ1) is 31.3. The maximum atomic E-state index is 13.6. The van der Waals surface area contributed by atoms with E-state index in [1.165, 1.54) is 25.4 Å². The molecule has 1 aliphatic carbocycles. The molecule has 0 aromatic heterocycles. The molecule has 0 aromatic carbocycles. The lowest BCUT2D eigenvalue weighted by molar-refractivity contribution is -0.145. The van der Waals surface area contributed by atoms with Crippen molar-refractivity contribution in [1.29, 1.82) is 0 Å². The van der Waals surface area contributed by atoms with E-state index in [-0.39, 0.29) is 18.5 Å². The lowest BCUT2D eigenvalue weighted by Crippen LogP contribution is -2.55. The summed E-state index contributed by atoms with van der Waals surface area (Å²) in [6.45, 7) is 7.20. The Morgan fingerprint density at radius 3 is 2.33 bits per heavy atom. The van der Waals surface area contributed by atoms with Crippen molar-refractivity contribution in [2.24, 2.45) is 11.8 Å². The van der Waals surface area contributed by atoms with Crippen LogP contribution in [0.25, 0.3) is 0 Å². The summed E-state index contributed by atoms with van der Waals surface area (Å²) in [6.07, 6.45) is 4.01. The zero-order valence-corrected chi connectivity index (χ0v) is 24.7. The molecular weight excluding hydrogens is 528 g/mol. The third kappa shape index (κ3) is 7.49. The number of carbonyl (C=O) groups is 4. The van der Waals surface area contributed by atoms with Crippen molar-refractivity contribution in [1.82, 2.24) is 19.8 Å². The molecule has 39 heavy (non-hydrogen) atoms. The minimum Gasteiger partial charge on any atom is -0.469 e. The van der Waals surface area contributed by atoms with Crippen molar-refractivity contribution in [2.75, 3.05) is 33.0 Å². The Morgan fingerprint density at radius 2 is 1.74 bits per heavy atom. The van der Waals surface area contributed by atoms with Gasteiger partial charge in [0.1, 0.15) is 17.4 Å². The first-order chi connectivity index (χ1) is 18.2. The van der Waals surface area contributed by atoms with Gasteiger partial charge in [-0.15, -0.1) is 0 Å². The third-order valence-corrected chi connectivity index (χ3v) is 9.80. The summed E-state index contributed by atoms with van der Waals surface area (Å²) in [5.74, 6) is -3.26. The van der Waals surface area contributed by atoms with Crippen LogP contribution in [-0.2, 0) is 33.9 Å². The predicted octanol–water partition coefficient (Wildman–Crippen LogP) is 1.04. The van der Waals surface area contributed by atoms with Crippen LogP contribution in [0.4, 0.5) is 4.79 Å². The van der Waals surface area contributed by atoms with Gasteiger partial charge < -0.3 is 20.1 Å². The molecule has 222 valence electrons. The van der Waals surface area contributed by atoms with Crippen LogP contribution in [-0.4, -0.2) is 104 Å². The SMILES string of the molecule is COC(=O)C1CNC2CCN(S(=O)(=O)CC(=O)C(NC(=O)C(C)N(C)C(=O)OC(C)(C)C)C3CCCCC3)C21. The van der Waals surface area contributed by atoms with E-state index in [4.69, 9.17) is 9.47 Å². The number of hydrogen-bond acceptors (Lipinski definition) is 9. The second-order valence-corrected chi connectivity index (χ2v) is 13.8. The minimum absolute atomic E-state index is 0.183. The molecule has 5 unspecified atom stereocenters. The summed E-state index contributed by atoms with van der Waals surface area (Å²) in [7, 11) is -1.37. The van der Waals surface area contributed by atoms with Crippen LogP contribution in [0.2, 0.25) is 0 Å². The van der Waals surface area contributed by atoms with Crippen molar-refractivity contribution in [3.8, 4) is 0 Å². The molecule has 12 nitrogen and oxygen atoms in total. The van der Waals surface area contributed by atoms with Gasteiger partial charge in [0.05, 0.1) is 25.1 Å². The number of esters is 1. The quantitative estimate of drug-likeness (QED) is 0.386. The summed E-state index contributed by atoms with van der Waals surface area (Å²) >= 11 is 0. The normalized spacial score (nSPS) is 25.8. The van der Waals surface area contributed by atoms with Crippen LogP contribution in [0, 0.1) is 11.8 Å². The standard InChI is InChI=1S/C26H44N4O8S/c1-16(29(5)25(34)38-26(2,3)4)23(32)28-21(17-10-8-7-9-11-17)20(31)15-39(35,36)30-13-12-19-22(30)18(14-27-19)24(33)37-6/h16-19,21-22,27H,7-15H2,1-6H3,(H,28,32). The number of ether oxygens (including phenoxy) is 2. The van der Waals surface area contributed by atoms with E-state index in [2.05, 4.69) is 10.6 Å². The summed E-state index contributed by atoms with van der Waals surface area (Å²) in [4.78, 5) is 52.7. The zero-order chi connectivity index (χ0) is 29.1. The number of amides is 2. The van der Waals surface area contributed by atoms with E-state index in [9.17, 15) is 27.6 Å². The van der Waals surface area contributed by atoms with Gasteiger partial charge in [0.15, 0.2) is 5.78 Å². The fourth-order valence-corrected chi connectivity index (χ4v) is 7.56. The predicted molar refractivity (Wildman–Crippen MR) is 143 cm³/mol. The molecule has 2 aliphatic heterocycles. The number of likely N-dealkylation sites (N-methyl/N-ethyl adjacent to an activating group) is 1. The number of rotatable bonds is 9. The summed E-state index contributed by atoms with van der Waals surface area (Å²) in [5.41, 5.74) is -0.743. The van der Waals surface area contributed by atoms with E-state index >= 15 is 0 Å². The monoisotopic (exact) mass is 572 g/mol. The lowest BCUT2D eigenvalue weighted by atomic mass is 9.82. The van der Waals surface area contributed by atoms with Crippen LogP contribution in [0.1, 0.15) is 66.2 Å². The van der Waals surface area contributed by atoms with Gasteiger partial charge in [-0.1, -0.05) is 19.3 Å². The highest BCUT2D eigenvalue weighted by molar-refractivity contribution is 7.89. The number of sulfonamides is 1. The fourth-order valence-electron chi connectivity index (χ4n) is 5.81. The molecule has 0 radical (unpaired) electrons. The molecule has 5 atom stereocenters. The number of nitrogens with zero attached hydrogens (tertiary/aromatic N) is 2. The topological polar surface area (TPSA) is 151 Å². The van der Waals surface area contributed by atoms with Crippen molar-refractivity contribution in [3.05, 3.63) is 0 Å². The minimum atomic E-state index is -4.08. The molecular formula is C26H44N4O8S. The third-order valence-electron chi connectivity index (χ3n) is 8.01. The summed E-state index contributed by atoms with van der Waals surface area (Å²) < 4.78 is 38.5. The van der Waals surface area contributed by atoms with Crippen LogP contribution in [0.3, 0.4) is 0 Å². The van der Waals surface area contributed by atoms with Crippen LogP contribution in [0.5, 0.6) is 0 Å². The molecule has 2 heterocycles. The Balaban J connectivity index is 1.75. The molecule has 2 amide bonds. The number of Topliss-reactive ketones (excluding diaryl/α,β-unsaturated/α-hetero) is 1. The number of fused-ring (bicyclic) bond motifs is 1. The molecule has 13 heteroatoms. The van der Waals surface area contributed by atoms with E-state index in [1.807, 2.05) is 0 Å². The average Bonchev–Trinajstić information content (AvgIpc) is 3.47. The Morgan fingerprint density at radius 1 is 1.10 bits per heavy atom. The number of carbonyl (C=O) groups excluding carboxylic acids is 4. The zero-order valence-electron chi connectivity index (χ0n) is 23.9. The van der Waals surface area contributed by atoms with Crippen molar-refractivity contribution < 1.29 is 37.1 Å². The number of methoxy groups -OCH3 is 1. The molecule has 3 fully saturated rings. The van der Waals surface area contributed by atoms with Gasteiger partial charge in [0.25, 0.3) is 0 Å². The maximum absolute atomic E-state index is 13.6. The summed E-state index contributed by atoms with van der Waals surface area (Å²) in [6, 6.07) is -2.74. The van der Waals surface area contributed by atoms with Gasteiger partial charge in [-0.2, -0.15) is 4.31 Å². The number of ketones is 1. The van der Waals surface area contributed by atoms with E-state index < -0.39 is 69.2 Å². The lowest BCUT2D eigenvalue weighted by Gasteiger charge is -2.33. The highest BCUT2D eigenvalue weighted by atomic mass is 32.2. The van der Waals surface area contributed by atoms with E-state index in [0.29, 0.717) is 25.8 Å². The highest BCUT2D eigenvalue weighted by Crippen LogP contribution is 2.33. The summed E-state index contributed by atoms with van der Waals surface area (Å²) in [5, 5.41) is 5.97. The molecule has 0 spiro atoms. The van der Waals surface area contributed by atoms with Crippen molar-refractivity contribution >= 4 is 33.8 Å². The first-order valence-electron chi connectivity index (χ1n) is 13.8. The van der Waals surface area contributed by atoms with E-state index in [1.54, 1.807) is 20.8 Å². The van der Waals surface area contributed by atoms with Crippen LogP contribution in [0.15, 0.2) is 0 Å². The second kappa shape index (κ2) is 12.5. The number of nitrogens with one attached hydrogen (secondary N) is 2. The maximum Gasteiger partial charge on any atom is 0.410 e. The van der Waals surface area contributed by atoms with Gasteiger partial charge in [0.2, 0.25) is 15.9 Å². The Bertz CT molecular complexity index is 1040. The molecule has 0 aromatic rings. The van der Waals surface area contributed by atoms with Crippen molar-refractivity contribution in [2.45, 2.75) is 96.0 Å². The molecule has 0 bridgehead atoms. The molecule has 2 N–H and O–H groups in total.